The van der Waals surface area contributed by atoms with Crippen LogP contribution in [0.3, 0.4) is 0 Å². The molecule has 0 N–H and O–H groups in total. The fourth-order valence-electron chi connectivity index (χ4n) is 3.05. The maximum absolute atomic E-state index is 12.8. The van der Waals surface area contributed by atoms with Gasteiger partial charge in [0.15, 0.2) is 0 Å². The molecule has 0 bridgehead atoms. The van der Waals surface area contributed by atoms with E-state index in [9.17, 15) is 4.79 Å². The number of likely N-dealkylation sites (tertiary alicyclic amines) is 1. The lowest BCUT2D eigenvalue weighted by molar-refractivity contribution is 0.0661. The minimum absolute atomic E-state index is 0.0469. The summed E-state index contributed by atoms with van der Waals surface area (Å²) >= 11 is 0. The van der Waals surface area contributed by atoms with E-state index in [0.29, 0.717) is 11.3 Å². The lowest BCUT2D eigenvalue weighted by atomic mass is 9.78. The van der Waals surface area contributed by atoms with Crippen LogP contribution in [-0.4, -0.2) is 32.0 Å². The van der Waals surface area contributed by atoms with Crippen LogP contribution in [0.2, 0.25) is 19.6 Å². The Morgan fingerprint density at radius 2 is 2.00 bits per heavy atom. The number of allylic oxidation sites excluding steroid dienone is 1. The van der Waals surface area contributed by atoms with Gasteiger partial charge in [0.2, 0.25) is 0 Å². The monoisotopic (exact) mass is 343 g/mol. The van der Waals surface area contributed by atoms with Gasteiger partial charge < -0.3 is 9.32 Å². The summed E-state index contributed by atoms with van der Waals surface area (Å²) in [5.41, 5.74) is 5.38. The zero-order chi connectivity index (χ0) is 18.1. The third-order valence-electron chi connectivity index (χ3n) is 4.36. The number of nitrogens with zero attached hydrogens (tertiary/aromatic N) is 1. The SMILES string of the molecule is Cc1cc(C(=O)N2CC/C(=C\C#C[Si](C)(C)C)C(C)(C)C2)c(C)o1. The molecule has 0 aromatic carbocycles. The maximum atomic E-state index is 12.8. The number of carbonyl (C=O) groups is 1. The zero-order valence-corrected chi connectivity index (χ0v) is 17.0. The summed E-state index contributed by atoms with van der Waals surface area (Å²) < 4.78 is 5.51. The van der Waals surface area contributed by atoms with Gasteiger partial charge in [-0.15, -0.1) is 5.54 Å². The Balaban J connectivity index is 2.16. The molecule has 1 saturated heterocycles. The number of rotatable bonds is 1. The van der Waals surface area contributed by atoms with E-state index in [2.05, 4.69) is 51.0 Å². The third-order valence-corrected chi connectivity index (χ3v) is 5.25. The molecule has 0 spiro atoms. The zero-order valence-electron chi connectivity index (χ0n) is 16.0. The van der Waals surface area contributed by atoms with E-state index in [-0.39, 0.29) is 11.3 Å². The number of hydrogen-bond donors (Lipinski definition) is 0. The lowest BCUT2D eigenvalue weighted by Crippen LogP contribution is -2.45. The summed E-state index contributed by atoms with van der Waals surface area (Å²) in [6.07, 6.45) is 2.97. The van der Waals surface area contributed by atoms with Crippen LogP contribution in [0.25, 0.3) is 0 Å². The van der Waals surface area contributed by atoms with Crippen LogP contribution >= 0.6 is 0 Å². The quantitative estimate of drug-likeness (QED) is 0.552. The summed E-state index contributed by atoms with van der Waals surface area (Å²) in [5.74, 6) is 4.84. The van der Waals surface area contributed by atoms with E-state index < -0.39 is 8.07 Å². The van der Waals surface area contributed by atoms with Crippen molar-refractivity contribution in [3.63, 3.8) is 0 Å². The molecule has 2 rings (SSSR count). The molecule has 1 amide bonds. The average molecular weight is 344 g/mol. The van der Waals surface area contributed by atoms with Gasteiger partial charge in [-0.2, -0.15) is 0 Å². The maximum Gasteiger partial charge on any atom is 0.257 e. The number of piperidine rings is 1. The number of furan rings is 1. The standard InChI is InChI=1S/C20H29NO2Si/c1-15-13-18(16(2)23-15)19(22)21-11-10-17(20(3,4)14-21)9-8-12-24(5,6)7/h9,13H,10-11,14H2,1-7H3/b17-9+. The second-order valence-electron chi connectivity index (χ2n) is 8.38. The summed E-state index contributed by atoms with van der Waals surface area (Å²) in [4.78, 5) is 14.7. The smallest absolute Gasteiger partial charge is 0.257 e. The van der Waals surface area contributed by atoms with Crippen molar-refractivity contribution >= 4 is 14.0 Å². The first kappa shape index (κ1) is 18.6. The van der Waals surface area contributed by atoms with Gasteiger partial charge in [-0.1, -0.05) is 45.0 Å². The molecule has 130 valence electrons. The highest BCUT2D eigenvalue weighted by atomic mass is 28.3. The molecule has 1 fully saturated rings. The van der Waals surface area contributed by atoms with E-state index >= 15 is 0 Å². The van der Waals surface area contributed by atoms with Crippen molar-refractivity contribution in [3.8, 4) is 11.5 Å². The van der Waals surface area contributed by atoms with Gasteiger partial charge in [0.05, 0.1) is 5.56 Å². The molecule has 4 heteroatoms. The van der Waals surface area contributed by atoms with Gasteiger partial charge >= 0.3 is 0 Å². The van der Waals surface area contributed by atoms with E-state index in [4.69, 9.17) is 4.42 Å². The Morgan fingerprint density at radius 1 is 1.33 bits per heavy atom. The van der Waals surface area contributed by atoms with Crippen molar-refractivity contribution in [1.82, 2.24) is 4.90 Å². The first-order valence-corrected chi connectivity index (χ1v) is 12.1. The Kier molecular flexibility index (Phi) is 5.15. The second-order valence-corrected chi connectivity index (χ2v) is 13.1. The van der Waals surface area contributed by atoms with Crippen LogP contribution in [-0.2, 0) is 0 Å². The van der Waals surface area contributed by atoms with Gasteiger partial charge in [-0.05, 0) is 32.4 Å². The van der Waals surface area contributed by atoms with Crippen molar-refractivity contribution in [2.45, 2.75) is 53.8 Å². The molecule has 1 aromatic rings. The summed E-state index contributed by atoms with van der Waals surface area (Å²) in [7, 11) is -1.35. The van der Waals surface area contributed by atoms with Crippen molar-refractivity contribution in [3.05, 3.63) is 34.8 Å². The van der Waals surface area contributed by atoms with Crippen molar-refractivity contribution < 1.29 is 9.21 Å². The van der Waals surface area contributed by atoms with Crippen molar-refractivity contribution in [2.24, 2.45) is 5.41 Å². The lowest BCUT2D eigenvalue weighted by Gasteiger charge is -2.40. The first-order chi connectivity index (χ1) is 11.0. The van der Waals surface area contributed by atoms with Crippen molar-refractivity contribution in [2.75, 3.05) is 13.1 Å². The van der Waals surface area contributed by atoms with Gasteiger partial charge in [0, 0.05) is 18.5 Å². The summed E-state index contributed by atoms with van der Waals surface area (Å²) in [5, 5.41) is 0. The Bertz CT molecular complexity index is 723. The predicted molar refractivity (Wildman–Crippen MR) is 102 cm³/mol. The van der Waals surface area contributed by atoms with Crippen LogP contribution in [0.5, 0.6) is 0 Å². The minimum Gasteiger partial charge on any atom is -0.466 e. The minimum atomic E-state index is -1.35. The van der Waals surface area contributed by atoms with Crippen LogP contribution in [0.4, 0.5) is 0 Å². The fourth-order valence-corrected chi connectivity index (χ4v) is 3.55. The normalized spacial score (nSPS) is 19.1. The Labute approximate surface area is 147 Å². The summed E-state index contributed by atoms with van der Waals surface area (Å²) in [6.45, 7) is 16.3. The van der Waals surface area contributed by atoms with Gasteiger partial charge in [-0.3, -0.25) is 4.79 Å². The molecular weight excluding hydrogens is 314 g/mol. The van der Waals surface area contributed by atoms with Crippen LogP contribution in [0, 0.1) is 30.7 Å². The third kappa shape index (κ3) is 4.42. The van der Waals surface area contributed by atoms with Crippen molar-refractivity contribution in [1.29, 1.82) is 0 Å². The molecule has 0 radical (unpaired) electrons. The highest BCUT2D eigenvalue weighted by Crippen LogP contribution is 2.35. The van der Waals surface area contributed by atoms with E-state index in [0.717, 1.165) is 25.3 Å². The molecule has 0 saturated carbocycles. The van der Waals surface area contributed by atoms with Crippen LogP contribution < -0.4 is 0 Å². The molecule has 1 aromatic heterocycles. The first-order valence-electron chi connectivity index (χ1n) is 8.58. The molecule has 1 aliphatic heterocycles. The number of amides is 1. The predicted octanol–water partition coefficient (Wildman–Crippen LogP) is 4.58. The van der Waals surface area contributed by atoms with Gasteiger partial charge in [-0.25, -0.2) is 0 Å². The average Bonchev–Trinajstić information content (AvgIpc) is 2.77. The molecule has 0 aliphatic carbocycles. The Hall–Kier alpha value is -1.73. The molecule has 1 aliphatic rings. The van der Waals surface area contributed by atoms with E-state index in [1.165, 1.54) is 5.57 Å². The highest BCUT2D eigenvalue weighted by Gasteiger charge is 2.34. The largest absolute Gasteiger partial charge is 0.466 e. The topological polar surface area (TPSA) is 33.5 Å². The fraction of sp³-hybridized carbons (Fsp3) is 0.550. The van der Waals surface area contributed by atoms with Crippen LogP contribution in [0.15, 0.2) is 22.1 Å². The molecule has 0 atom stereocenters. The Morgan fingerprint density at radius 3 is 2.50 bits per heavy atom. The number of hydrogen-bond acceptors (Lipinski definition) is 2. The highest BCUT2D eigenvalue weighted by molar-refractivity contribution is 6.83. The number of carbonyl (C=O) groups excluding carboxylic acids is 1. The van der Waals surface area contributed by atoms with E-state index in [1.54, 1.807) is 0 Å². The molecule has 3 nitrogen and oxygen atoms in total. The number of aryl methyl sites for hydroxylation is 2. The van der Waals surface area contributed by atoms with Gasteiger partial charge in [0.1, 0.15) is 19.6 Å². The van der Waals surface area contributed by atoms with Gasteiger partial charge in [0.25, 0.3) is 5.91 Å². The molecule has 24 heavy (non-hydrogen) atoms. The second kappa shape index (κ2) is 6.64. The molecular formula is C20H29NO2Si. The molecule has 0 unspecified atom stereocenters. The summed E-state index contributed by atoms with van der Waals surface area (Å²) in [6, 6.07) is 1.84. The molecule has 2 heterocycles. The van der Waals surface area contributed by atoms with E-state index in [1.807, 2.05) is 24.8 Å². The van der Waals surface area contributed by atoms with Crippen LogP contribution in [0.1, 0.15) is 42.1 Å².